The molecule has 0 aliphatic carbocycles. The lowest BCUT2D eigenvalue weighted by Gasteiger charge is -2.21. The molecule has 0 N–H and O–H groups in total. The maximum absolute atomic E-state index is 12.3. The Kier molecular flexibility index (Phi) is 5.06. The highest BCUT2D eigenvalue weighted by atomic mass is 35.5. The van der Waals surface area contributed by atoms with Crippen molar-refractivity contribution in [2.24, 2.45) is 0 Å². The maximum Gasteiger partial charge on any atom is 0.402 e. The summed E-state index contributed by atoms with van der Waals surface area (Å²) in [6.07, 6.45) is -3.36. The van der Waals surface area contributed by atoms with Gasteiger partial charge in [0.2, 0.25) is 10.0 Å². The molecule has 4 nitrogen and oxygen atoms in total. The summed E-state index contributed by atoms with van der Waals surface area (Å²) in [6, 6.07) is 2.87. The van der Waals surface area contributed by atoms with E-state index in [1.165, 1.54) is 18.4 Å². The van der Waals surface area contributed by atoms with E-state index in [2.05, 4.69) is 0 Å². The van der Waals surface area contributed by atoms with Crippen LogP contribution >= 0.6 is 11.6 Å². The molecule has 18 heavy (non-hydrogen) atoms. The summed E-state index contributed by atoms with van der Waals surface area (Å²) in [5.41, 5.74) is 0. The predicted molar refractivity (Wildman–Crippen MR) is 59.7 cm³/mol. The lowest BCUT2D eigenvalue weighted by molar-refractivity contribution is -0.137. The average Bonchev–Trinajstić information content (AvgIpc) is 2.67. The Bertz CT molecular complexity index is 458. The summed E-state index contributed by atoms with van der Waals surface area (Å²) in [4.78, 5) is 0. The quantitative estimate of drug-likeness (QED) is 0.757. The van der Waals surface area contributed by atoms with Crippen LogP contribution in [-0.2, 0) is 16.6 Å². The van der Waals surface area contributed by atoms with Crippen LogP contribution in [0.4, 0.5) is 13.2 Å². The molecule has 0 fully saturated rings. The third kappa shape index (κ3) is 4.87. The summed E-state index contributed by atoms with van der Waals surface area (Å²) >= 11 is 5.27. The Labute approximate surface area is 107 Å². The van der Waals surface area contributed by atoms with Crippen LogP contribution in [0.25, 0.3) is 0 Å². The van der Waals surface area contributed by atoms with E-state index in [1.54, 1.807) is 0 Å². The van der Waals surface area contributed by atoms with Crippen molar-refractivity contribution >= 4 is 21.6 Å². The van der Waals surface area contributed by atoms with Crippen LogP contribution in [0, 0.1) is 0 Å². The fourth-order valence-corrected chi connectivity index (χ4v) is 2.96. The van der Waals surface area contributed by atoms with Gasteiger partial charge in [-0.05, 0) is 12.1 Å². The molecule has 1 aromatic heterocycles. The number of furan rings is 1. The van der Waals surface area contributed by atoms with Gasteiger partial charge in [-0.3, -0.25) is 0 Å². The Balaban J connectivity index is 2.88. The van der Waals surface area contributed by atoms with E-state index in [0.717, 1.165) is 0 Å². The molecule has 0 aliphatic heterocycles. The lowest BCUT2D eigenvalue weighted by atomic mass is 10.4. The topological polar surface area (TPSA) is 50.5 Å². The van der Waals surface area contributed by atoms with Gasteiger partial charge in [0.1, 0.15) is 12.3 Å². The number of hydrogen-bond donors (Lipinski definition) is 0. The van der Waals surface area contributed by atoms with Crippen LogP contribution in [-0.4, -0.2) is 37.1 Å². The second kappa shape index (κ2) is 5.94. The van der Waals surface area contributed by atoms with Crippen molar-refractivity contribution < 1.29 is 26.0 Å². The number of sulfonamides is 1. The van der Waals surface area contributed by atoms with E-state index in [-0.39, 0.29) is 11.6 Å². The third-order valence-electron chi connectivity index (χ3n) is 2.00. The van der Waals surface area contributed by atoms with Crippen molar-refractivity contribution in [2.75, 3.05) is 18.2 Å². The molecule has 9 heteroatoms. The van der Waals surface area contributed by atoms with Crippen LogP contribution in [0.15, 0.2) is 22.8 Å². The zero-order chi connectivity index (χ0) is 13.8. The maximum atomic E-state index is 12.3. The second-order valence-electron chi connectivity index (χ2n) is 3.47. The average molecular weight is 306 g/mol. The fraction of sp³-hybridized carbons (Fsp3) is 0.556. The smallest absolute Gasteiger partial charge is 0.402 e. The molecule has 0 saturated heterocycles. The SMILES string of the molecule is O=S(=O)(CCCl)N(Cc1ccco1)CC(F)(F)F. The molecule has 0 aliphatic rings. The van der Waals surface area contributed by atoms with Gasteiger partial charge in [0.05, 0.1) is 18.6 Å². The largest absolute Gasteiger partial charge is 0.468 e. The molecule has 0 unspecified atom stereocenters. The van der Waals surface area contributed by atoms with Crippen LogP contribution in [0.1, 0.15) is 5.76 Å². The van der Waals surface area contributed by atoms with Gasteiger partial charge >= 0.3 is 6.18 Å². The molecule has 1 rings (SSSR count). The van der Waals surface area contributed by atoms with Gasteiger partial charge in [-0.15, -0.1) is 11.6 Å². The molecule has 104 valence electrons. The number of nitrogens with zero attached hydrogens (tertiary/aromatic N) is 1. The Morgan fingerprint density at radius 1 is 1.39 bits per heavy atom. The molecule has 0 amide bonds. The Morgan fingerprint density at radius 3 is 2.50 bits per heavy atom. The van der Waals surface area contributed by atoms with Gasteiger partial charge in [0.25, 0.3) is 0 Å². The molecule has 0 radical (unpaired) electrons. The Morgan fingerprint density at radius 2 is 2.06 bits per heavy atom. The van der Waals surface area contributed by atoms with Crippen molar-refractivity contribution in [3.05, 3.63) is 24.2 Å². The minimum absolute atomic E-state index is 0.136. The standard InChI is InChI=1S/C9H11ClF3NO3S/c10-3-5-18(15,16)14(7-9(11,12)13)6-8-2-1-4-17-8/h1-2,4H,3,5-7H2. The number of alkyl halides is 4. The van der Waals surface area contributed by atoms with Crippen molar-refractivity contribution in [1.29, 1.82) is 0 Å². The highest BCUT2D eigenvalue weighted by Gasteiger charge is 2.36. The molecule has 0 bridgehead atoms. The molecule has 0 saturated carbocycles. The molecular weight excluding hydrogens is 295 g/mol. The Hall–Kier alpha value is -0.730. The predicted octanol–water partition coefficient (Wildman–Crippen LogP) is 2.21. The summed E-state index contributed by atoms with van der Waals surface area (Å²) in [6.45, 7) is -2.03. The van der Waals surface area contributed by atoms with E-state index in [9.17, 15) is 21.6 Å². The molecule has 0 aromatic carbocycles. The van der Waals surface area contributed by atoms with Gasteiger partial charge in [0.15, 0.2) is 0 Å². The van der Waals surface area contributed by atoms with Crippen molar-refractivity contribution in [3.8, 4) is 0 Å². The van der Waals surface area contributed by atoms with Crippen molar-refractivity contribution in [1.82, 2.24) is 4.31 Å². The van der Waals surface area contributed by atoms with Crippen molar-refractivity contribution in [3.63, 3.8) is 0 Å². The van der Waals surface area contributed by atoms with E-state index in [4.69, 9.17) is 16.0 Å². The minimum atomic E-state index is -4.62. The first-order chi connectivity index (χ1) is 8.24. The van der Waals surface area contributed by atoms with Crippen LogP contribution < -0.4 is 0 Å². The number of rotatable bonds is 6. The molecule has 1 heterocycles. The first kappa shape index (κ1) is 15.3. The summed E-state index contributed by atoms with van der Waals surface area (Å²) in [5, 5.41) is 0. The molecular formula is C9H11ClF3NO3S. The first-order valence-electron chi connectivity index (χ1n) is 4.87. The van der Waals surface area contributed by atoms with Crippen LogP contribution in [0.2, 0.25) is 0 Å². The van der Waals surface area contributed by atoms with E-state index in [1.807, 2.05) is 0 Å². The van der Waals surface area contributed by atoms with E-state index in [0.29, 0.717) is 4.31 Å². The van der Waals surface area contributed by atoms with Gasteiger partial charge in [-0.2, -0.15) is 17.5 Å². The van der Waals surface area contributed by atoms with Gasteiger partial charge in [0, 0.05) is 5.88 Å². The summed E-state index contributed by atoms with van der Waals surface area (Å²) < 4.78 is 65.4. The second-order valence-corrected chi connectivity index (χ2v) is 5.93. The highest BCUT2D eigenvalue weighted by molar-refractivity contribution is 7.89. The zero-order valence-electron chi connectivity index (χ0n) is 9.15. The number of halogens is 4. The summed E-state index contributed by atoms with van der Waals surface area (Å²) in [7, 11) is -4.06. The normalized spacial score (nSPS) is 13.2. The fourth-order valence-electron chi connectivity index (χ4n) is 1.26. The summed E-state index contributed by atoms with van der Waals surface area (Å²) in [5.74, 6) is -0.683. The van der Waals surface area contributed by atoms with Gasteiger partial charge < -0.3 is 4.42 Å². The monoisotopic (exact) mass is 305 g/mol. The van der Waals surface area contributed by atoms with Gasteiger partial charge in [-0.1, -0.05) is 0 Å². The third-order valence-corrected chi connectivity index (χ3v) is 4.17. The minimum Gasteiger partial charge on any atom is -0.468 e. The molecule has 0 spiro atoms. The van der Waals surface area contributed by atoms with Gasteiger partial charge in [-0.25, -0.2) is 8.42 Å². The van der Waals surface area contributed by atoms with Crippen molar-refractivity contribution in [2.45, 2.75) is 12.7 Å². The lowest BCUT2D eigenvalue weighted by Crippen LogP contribution is -2.39. The highest BCUT2D eigenvalue weighted by Crippen LogP contribution is 2.21. The van der Waals surface area contributed by atoms with Crippen LogP contribution in [0.3, 0.4) is 0 Å². The first-order valence-corrected chi connectivity index (χ1v) is 7.02. The number of hydrogen-bond acceptors (Lipinski definition) is 3. The van der Waals surface area contributed by atoms with E-state index < -0.39 is 35.0 Å². The molecule has 0 atom stereocenters. The molecule has 1 aromatic rings. The zero-order valence-corrected chi connectivity index (χ0v) is 10.7. The van der Waals surface area contributed by atoms with E-state index >= 15 is 0 Å². The van der Waals surface area contributed by atoms with Crippen LogP contribution in [0.5, 0.6) is 0 Å².